The molecule has 7 nitrogen and oxygen atoms in total. The molecule has 0 bridgehead atoms. The van der Waals surface area contributed by atoms with Gasteiger partial charge in [-0.25, -0.2) is 0 Å². The zero-order valence-corrected chi connectivity index (χ0v) is 84.1. The van der Waals surface area contributed by atoms with Crippen molar-refractivity contribution in [1.82, 2.24) is 0 Å². The molecule has 0 saturated heterocycles. The van der Waals surface area contributed by atoms with E-state index in [1.54, 1.807) is 11.3 Å². The van der Waals surface area contributed by atoms with Crippen molar-refractivity contribution < 1.29 is 33.2 Å². The van der Waals surface area contributed by atoms with Gasteiger partial charge < -0.3 is 33.2 Å². The van der Waals surface area contributed by atoms with E-state index >= 15 is 0 Å². The first-order valence-electron chi connectivity index (χ1n) is 54.1. The molecule has 0 radical (unpaired) electrons. The fourth-order valence-electron chi connectivity index (χ4n) is 16.9. The van der Waals surface area contributed by atoms with Gasteiger partial charge in [0.1, 0.15) is 34.5 Å². The van der Waals surface area contributed by atoms with Crippen LogP contribution >= 0.6 is 11.3 Å². The van der Waals surface area contributed by atoms with Crippen LogP contribution in [0.15, 0.2) is 109 Å². The highest BCUT2D eigenvalue weighted by atomic mass is 32.1. The third-order valence-electron chi connectivity index (χ3n) is 25.1. The molecule has 5 aromatic carbocycles. The van der Waals surface area contributed by atoms with Crippen LogP contribution in [0.2, 0.25) is 0 Å². The second-order valence-electron chi connectivity index (χ2n) is 37.1. The van der Waals surface area contributed by atoms with Crippen LogP contribution < -0.4 is 28.4 Å². The van der Waals surface area contributed by atoms with Gasteiger partial charge in [0.25, 0.3) is 0 Å². The minimum atomic E-state index is 0.529. The fraction of sp³-hybridized carbons (Fsp3) is 0.653. The van der Waals surface area contributed by atoms with Gasteiger partial charge in [0.05, 0.1) is 78.3 Å². The van der Waals surface area contributed by atoms with Crippen LogP contribution in [0, 0.1) is 47.4 Å². The Labute approximate surface area is 796 Å². The molecule has 0 fully saturated rings. The highest BCUT2D eigenvalue weighted by Gasteiger charge is 2.17. The maximum Gasteiger partial charge on any atom is 0.136 e. The Kier molecular flexibility index (Phi) is 68.0. The Hall–Kier alpha value is -7.20. The van der Waals surface area contributed by atoms with Gasteiger partial charge in [-0.05, 0) is 111 Å². The predicted molar refractivity (Wildman–Crippen MR) is 556 cm³/mol. The fourth-order valence-corrected chi connectivity index (χ4v) is 17.9. The molecule has 8 heteroatoms. The minimum Gasteiger partial charge on any atom is -0.493 e. The molecule has 0 unspecified atom stereocenters. The van der Waals surface area contributed by atoms with Crippen LogP contribution in [-0.2, 0) is 17.8 Å². The number of hydrogen-bond donors (Lipinski definition) is 0. The number of ether oxygens (including phenoxy) is 7. The zero-order chi connectivity index (χ0) is 90.9. The van der Waals surface area contributed by atoms with Crippen molar-refractivity contribution in [2.24, 2.45) is 0 Å². The molecule has 129 heavy (non-hydrogen) atoms. The molecule has 6 aromatic rings. The van der Waals surface area contributed by atoms with Crippen LogP contribution in [0.5, 0.6) is 34.5 Å². The molecule has 0 aliphatic carbocycles. The first-order chi connectivity index (χ1) is 63.9. The third-order valence-corrected chi connectivity index (χ3v) is 26.1. The van der Waals surface area contributed by atoms with Crippen LogP contribution in [0.1, 0.15) is 507 Å². The lowest BCUT2D eigenvalue weighted by Crippen LogP contribution is -2.03. The van der Waals surface area contributed by atoms with E-state index in [1.165, 1.54) is 327 Å². The van der Waals surface area contributed by atoms with Gasteiger partial charge in [-0.2, -0.15) is 0 Å². The van der Waals surface area contributed by atoms with Gasteiger partial charge in [0.15, 0.2) is 0 Å². The Morgan fingerprint density at radius 3 is 0.760 bits per heavy atom. The van der Waals surface area contributed by atoms with Crippen molar-refractivity contribution >= 4 is 11.3 Å². The van der Waals surface area contributed by atoms with Crippen molar-refractivity contribution in [2.75, 3.05) is 46.2 Å². The molecule has 1 aromatic heterocycles. The average molecular weight is 1780 g/mol. The summed E-state index contributed by atoms with van der Waals surface area (Å²) in [6, 6.07) is 37.8. The molecule has 0 aliphatic rings. The predicted octanol–water partition coefficient (Wildman–Crippen LogP) is 36.5. The van der Waals surface area contributed by atoms with Gasteiger partial charge in [-0.1, -0.05) is 485 Å². The molecule has 0 N–H and O–H groups in total. The summed E-state index contributed by atoms with van der Waals surface area (Å²) in [5, 5.41) is 0. The molecule has 0 saturated carbocycles. The molecular weight excluding hydrogens is 1600 g/mol. The molecule has 1 heterocycles. The van der Waals surface area contributed by atoms with E-state index in [1.807, 2.05) is 12.1 Å². The lowest BCUT2D eigenvalue weighted by Gasteiger charge is -2.14. The molecular formula is C121H182O7S. The zero-order valence-electron chi connectivity index (χ0n) is 83.3. The minimum absolute atomic E-state index is 0.529. The van der Waals surface area contributed by atoms with Crippen LogP contribution in [0.4, 0.5) is 0 Å². The van der Waals surface area contributed by atoms with E-state index in [4.69, 9.17) is 33.2 Å². The summed E-state index contributed by atoms with van der Waals surface area (Å²) in [6.07, 6.45) is 81.7. The Bertz CT molecular complexity index is 3910. The molecule has 0 atom stereocenters. The first kappa shape index (κ1) is 111. The van der Waals surface area contributed by atoms with Gasteiger partial charge in [-0.3, -0.25) is 0 Å². The number of aryl methyl sites for hydroxylation is 1. The quantitative estimate of drug-likeness (QED) is 0.0278. The topological polar surface area (TPSA) is 64.6 Å². The van der Waals surface area contributed by atoms with Crippen molar-refractivity contribution in [3.05, 3.63) is 163 Å². The number of unbranched alkanes of at least 4 members (excludes halogenated alkanes) is 57. The third kappa shape index (κ3) is 56.4. The average Bonchev–Trinajstić information content (AvgIpc) is 1.50. The summed E-state index contributed by atoms with van der Waals surface area (Å²) in [6.45, 7) is 18.9. The van der Waals surface area contributed by atoms with Crippen LogP contribution in [0.25, 0.3) is 0 Å². The second kappa shape index (κ2) is 79.4. The van der Waals surface area contributed by atoms with E-state index in [9.17, 15) is 0 Å². The van der Waals surface area contributed by atoms with Crippen molar-refractivity contribution in [3.8, 4) is 81.9 Å². The molecule has 714 valence electrons. The Morgan fingerprint density at radius 1 is 0.217 bits per heavy atom. The summed E-state index contributed by atoms with van der Waals surface area (Å²) in [5.74, 6) is 33.9. The van der Waals surface area contributed by atoms with E-state index < -0.39 is 0 Å². The second-order valence-corrected chi connectivity index (χ2v) is 38.2. The monoisotopic (exact) mass is 1780 g/mol. The molecule has 0 aliphatic heterocycles. The highest BCUT2D eigenvalue weighted by molar-refractivity contribution is 7.13. The molecule has 0 amide bonds. The van der Waals surface area contributed by atoms with E-state index in [2.05, 4.69) is 186 Å². The van der Waals surface area contributed by atoms with Crippen molar-refractivity contribution in [3.63, 3.8) is 0 Å². The Morgan fingerprint density at radius 2 is 0.465 bits per heavy atom. The van der Waals surface area contributed by atoms with E-state index in [0.717, 1.165) is 193 Å². The largest absolute Gasteiger partial charge is 0.493 e. The van der Waals surface area contributed by atoms with Crippen molar-refractivity contribution in [1.29, 1.82) is 0 Å². The van der Waals surface area contributed by atoms with Crippen LogP contribution in [0.3, 0.4) is 0 Å². The normalized spacial score (nSPS) is 11.1. The summed E-state index contributed by atoms with van der Waals surface area (Å²) < 4.78 is 47.0. The van der Waals surface area contributed by atoms with E-state index in [-0.39, 0.29) is 0 Å². The molecule has 0 spiro atoms. The van der Waals surface area contributed by atoms with Gasteiger partial charge in [0, 0.05) is 48.1 Å². The van der Waals surface area contributed by atoms with Gasteiger partial charge in [-0.15, -0.1) is 11.3 Å². The van der Waals surface area contributed by atoms with E-state index in [0.29, 0.717) is 39.6 Å². The first-order valence-corrected chi connectivity index (χ1v) is 54.9. The summed E-state index contributed by atoms with van der Waals surface area (Å²) >= 11 is 1.69. The number of rotatable bonds is 81. The lowest BCUT2D eigenvalue weighted by molar-refractivity contribution is 0.116. The SMILES string of the molecule is CCCCCCCCCCCCOc1cc(COCCCCCCc2cc(C#Cc3cc(OCCCCCCCCCCCC)c(C#Cc4ccccc4)cc3OCCCCCCCCCCCC)sc2C#Cc2cc(OCCCCCCCCCCCC)c(C#Cc3ccccc3)cc2OCCCCCCCCCCCC)cc(OCCCCCCCCCCCC)c1. The summed E-state index contributed by atoms with van der Waals surface area (Å²) in [5.41, 5.74) is 7.54. The summed E-state index contributed by atoms with van der Waals surface area (Å²) in [7, 11) is 0. The van der Waals surface area contributed by atoms with Crippen molar-refractivity contribution in [2.45, 2.75) is 466 Å². The molecule has 6 rings (SSSR count). The Balaban J connectivity index is 1.30. The summed E-state index contributed by atoms with van der Waals surface area (Å²) in [4.78, 5) is 1.99. The highest BCUT2D eigenvalue weighted by Crippen LogP contribution is 2.34. The lowest BCUT2D eigenvalue weighted by atomic mass is 10.1. The van der Waals surface area contributed by atoms with Gasteiger partial charge >= 0.3 is 0 Å². The number of hydrogen-bond acceptors (Lipinski definition) is 8. The smallest absolute Gasteiger partial charge is 0.136 e. The number of benzene rings is 5. The standard InChI is InChI=1S/C121H182O7S/c1-7-13-19-25-31-37-43-49-56-71-91-123-114-97-108(98-115(104-114)124-92-72-57-50-44-38-32-26-20-14-8-2)105-122-90-70-62-55-69-81-113-99-116(88-86-111-102-117(125-93-73-58-51-45-39-33-27-21-15-9-3)109(84-82-106-77-65-63-66-78-106)100-119(111)127-95-75-60-53-47-41-35-29-23-17-11-5)129-121(113)89-87-112-103-118(126-94-74-59-52-46-40-34-28-22-16-10-4)110(85-83-107-79-67-64-68-80-107)101-120(112)128-96-76-61-54-48-42-36-30-24-18-12-6/h63-68,77-80,97-104H,7-62,69-76,81,90-96,105H2,1-6H3. The van der Waals surface area contributed by atoms with Gasteiger partial charge in [0.2, 0.25) is 0 Å². The maximum absolute atomic E-state index is 6.92. The van der Waals surface area contributed by atoms with Crippen LogP contribution in [-0.4, -0.2) is 46.2 Å². The maximum atomic E-state index is 6.92. The number of thiophene rings is 1.